The van der Waals surface area contributed by atoms with Gasteiger partial charge in [-0.3, -0.25) is 4.68 Å². The number of pyridine rings is 1. The summed E-state index contributed by atoms with van der Waals surface area (Å²) in [7, 11) is 0. The molecule has 6 nitrogen and oxygen atoms in total. The van der Waals surface area contributed by atoms with Gasteiger partial charge >= 0.3 is 0 Å². The van der Waals surface area contributed by atoms with Gasteiger partial charge in [-0.05, 0) is 12.5 Å². The molecule has 0 amide bonds. The summed E-state index contributed by atoms with van der Waals surface area (Å²) in [5.41, 5.74) is 2.37. The number of aromatic nitrogens is 3. The summed E-state index contributed by atoms with van der Waals surface area (Å²) in [4.78, 5) is 4.08. The summed E-state index contributed by atoms with van der Waals surface area (Å²) >= 11 is 11.9. The molecule has 0 bridgehead atoms. The third-order valence-corrected chi connectivity index (χ3v) is 2.87. The van der Waals surface area contributed by atoms with E-state index in [-0.39, 0.29) is 5.88 Å². The number of aryl methyl sites for hydroxylation is 1. The van der Waals surface area contributed by atoms with E-state index in [9.17, 15) is 0 Å². The molecule has 102 valence electrons. The summed E-state index contributed by atoms with van der Waals surface area (Å²) in [5, 5.41) is 4.77. The van der Waals surface area contributed by atoms with Crippen molar-refractivity contribution in [1.82, 2.24) is 14.8 Å². The van der Waals surface area contributed by atoms with E-state index in [2.05, 4.69) is 22.4 Å². The standard InChI is InChI=1S/C11H13Cl2N5O/c1-2-3-18-6-7(5-15-18)19-11-9(13)4-8(12)10(16-11)17-14/h4-6H,2-3,14H2,1H3,(H,16,17). The summed E-state index contributed by atoms with van der Waals surface area (Å²) in [5.74, 6) is 6.36. The van der Waals surface area contributed by atoms with Gasteiger partial charge in [-0.15, -0.1) is 0 Å². The monoisotopic (exact) mass is 301 g/mol. The predicted molar refractivity (Wildman–Crippen MR) is 74.7 cm³/mol. The molecular formula is C11H13Cl2N5O. The first kappa shape index (κ1) is 13.9. The van der Waals surface area contributed by atoms with Crippen LogP contribution < -0.4 is 16.0 Å². The molecule has 0 saturated heterocycles. The van der Waals surface area contributed by atoms with Gasteiger partial charge in [0.25, 0.3) is 0 Å². The van der Waals surface area contributed by atoms with Gasteiger partial charge in [-0.25, -0.2) is 5.84 Å². The zero-order chi connectivity index (χ0) is 13.8. The lowest BCUT2D eigenvalue weighted by molar-refractivity contribution is 0.462. The third-order valence-electron chi connectivity index (χ3n) is 2.31. The van der Waals surface area contributed by atoms with Crippen molar-refractivity contribution in [2.45, 2.75) is 19.9 Å². The number of hydrazine groups is 1. The molecule has 0 spiro atoms. The molecule has 2 aromatic heterocycles. The largest absolute Gasteiger partial charge is 0.434 e. The first-order chi connectivity index (χ1) is 9.13. The van der Waals surface area contributed by atoms with E-state index in [1.54, 1.807) is 17.1 Å². The minimum atomic E-state index is 0.218. The molecule has 2 rings (SSSR count). The van der Waals surface area contributed by atoms with E-state index < -0.39 is 0 Å². The van der Waals surface area contributed by atoms with Crippen LogP contribution in [0.4, 0.5) is 5.82 Å². The van der Waals surface area contributed by atoms with Gasteiger partial charge < -0.3 is 10.2 Å². The lowest BCUT2D eigenvalue weighted by Crippen LogP contribution is -2.09. The number of nitrogens with two attached hydrogens (primary N) is 1. The first-order valence-corrected chi connectivity index (χ1v) is 6.42. The van der Waals surface area contributed by atoms with E-state index in [0.29, 0.717) is 21.6 Å². The van der Waals surface area contributed by atoms with Crippen molar-refractivity contribution >= 4 is 29.0 Å². The van der Waals surface area contributed by atoms with Crippen LogP contribution in [-0.4, -0.2) is 14.8 Å². The fourth-order valence-electron chi connectivity index (χ4n) is 1.48. The van der Waals surface area contributed by atoms with E-state index in [0.717, 1.165) is 13.0 Å². The molecule has 19 heavy (non-hydrogen) atoms. The fraction of sp³-hybridized carbons (Fsp3) is 0.273. The van der Waals surface area contributed by atoms with Crippen molar-refractivity contribution in [3.05, 3.63) is 28.5 Å². The van der Waals surface area contributed by atoms with Crippen LogP contribution in [0.15, 0.2) is 18.5 Å². The third kappa shape index (κ3) is 3.28. The number of rotatable bonds is 5. The SMILES string of the molecule is CCCn1cc(Oc2nc(NN)c(Cl)cc2Cl)cn1. The van der Waals surface area contributed by atoms with Crippen molar-refractivity contribution in [3.63, 3.8) is 0 Å². The van der Waals surface area contributed by atoms with Crippen LogP contribution in [0.5, 0.6) is 11.6 Å². The highest BCUT2D eigenvalue weighted by Crippen LogP contribution is 2.32. The highest BCUT2D eigenvalue weighted by Gasteiger charge is 2.11. The van der Waals surface area contributed by atoms with E-state index >= 15 is 0 Å². The summed E-state index contributed by atoms with van der Waals surface area (Å²) in [6.07, 6.45) is 4.35. The first-order valence-electron chi connectivity index (χ1n) is 5.67. The van der Waals surface area contributed by atoms with Crippen molar-refractivity contribution in [2.75, 3.05) is 5.43 Å². The molecule has 3 N–H and O–H groups in total. The Morgan fingerprint density at radius 2 is 2.21 bits per heavy atom. The molecule has 0 aliphatic rings. The second kappa shape index (κ2) is 6.10. The Kier molecular flexibility index (Phi) is 4.47. The molecule has 0 unspecified atom stereocenters. The van der Waals surface area contributed by atoms with Gasteiger partial charge in [0.05, 0.1) is 17.4 Å². The molecule has 0 aliphatic carbocycles. The number of hydrogen-bond donors (Lipinski definition) is 2. The van der Waals surface area contributed by atoms with Crippen molar-refractivity contribution < 1.29 is 4.74 Å². The second-order valence-corrected chi connectivity index (χ2v) is 4.61. The van der Waals surface area contributed by atoms with Gasteiger partial charge in [0.15, 0.2) is 11.6 Å². The Balaban J connectivity index is 2.22. The molecule has 2 aromatic rings. The van der Waals surface area contributed by atoms with Crippen LogP contribution in [0.2, 0.25) is 10.0 Å². The maximum atomic E-state index is 6.01. The zero-order valence-corrected chi connectivity index (χ0v) is 11.7. The summed E-state index contributed by atoms with van der Waals surface area (Å²) in [6.45, 7) is 2.89. The molecule has 0 atom stereocenters. The van der Waals surface area contributed by atoms with Crippen LogP contribution in [-0.2, 0) is 6.54 Å². The Labute approximate surface area is 120 Å². The Morgan fingerprint density at radius 1 is 1.42 bits per heavy atom. The summed E-state index contributed by atoms with van der Waals surface area (Å²) < 4.78 is 7.33. The van der Waals surface area contributed by atoms with Crippen LogP contribution in [0, 0.1) is 0 Å². The molecule has 0 saturated carbocycles. The number of hydrogen-bond acceptors (Lipinski definition) is 5. The molecule has 0 radical (unpaired) electrons. The van der Waals surface area contributed by atoms with Crippen molar-refractivity contribution in [1.29, 1.82) is 0 Å². The topological polar surface area (TPSA) is 78.0 Å². The lowest BCUT2D eigenvalue weighted by Gasteiger charge is -2.08. The molecular weight excluding hydrogens is 289 g/mol. The van der Waals surface area contributed by atoms with Gasteiger partial charge in [0.2, 0.25) is 5.88 Å². The normalized spacial score (nSPS) is 10.5. The van der Waals surface area contributed by atoms with Crippen LogP contribution >= 0.6 is 23.2 Å². The fourth-order valence-corrected chi connectivity index (χ4v) is 1.93. The minimum absolute atomic E-state index is 0.218. The number of anilines is 1. The zero-order valence-electron chi connectivity index (χ0n) is 10.2. The number of ether oxygens (including phenoxy) is 1. The Hall–Kier alpha value is -1.50. The number of nitrogens with zero attached hydrogens (tertiary/aromatic N) is 3. The van der Waals surface area contributed by atoms with Crippen LogP contribution in [0.1, 0.15) is 13.3 Å². The Morgan fingerprint density at radius 3 is 2.89 bits per heavy atom. The highest BCUT2D eigenvalue weighted by atomic mass is 35.5. The minimum Gasteiger partial charge on any atom is -0.434 e. The van der Waals surface area contributed by atoms with E-state index in [4.69, 9.17) is 33.8 Å². The van der Waals surface area contributed by atoms with Crippen LogP contribution in [0.25, 0.3) is 0 Å². The molecule has 0 aliphatic heterocycles. The van der Waals surface area contributed by atoms with Crippen molar-refractivity contribution in [3.8, 4) is 11.6 Å². The second-order valence-electron chi connectivity index (χ2n) is 3.79. The highest BCUT2D eigenvalue weighted by molar-refractivity contribution is 6.36. The maximum absolute atomic E-state index is 6.01. The smallest absolute Gasteiger partial charge is 0.240 e. The molecule has 0 fully saturated rings. The number of nitrogens with one attached hydrogen (secondary N) is 1. The average Bonchev–Trinajstić information content (AvgIpc) is 2.81. The van der Waals surface area contributed by atoms with Crippen LogP contribution in [0.3, 0.4) is 0 Å². The van der Waals surface area contributed by atoms with Gasteiger partial charge in [-0.2, -0.15) is 10.1 Å². The molecule has 8 heteroatoms. The number of halogens is 2. The van der Waals surface area contributed by atoms with Gasteiger partial charge in [0, 0.05) is 6.54 Å². The average molecular weight is 302 g/mol. The van der Waals surface area contributed by atoms with Gasteiger partial charge in [-0.1, -0.05) is 30.1 Å². The maximum Gasteiger partial charge on any atom is 0.240 e. The predicted octanol–water partition coefficient (Wildman–Crippen LogP) is 3.07. The Bertz CT molecular complexity index is 572. The van der Waals surface area contributed by atoms with Gasteiger partial charge in [0.1, 0.15) is 5.02 Å². The van der Waals surface area contributed by atoms with Crippen molar-refractivity contribution in [2.24, 2.45) is 5.84 Å². The number of nitrogen functional groups attached to an aromatic ring is 1. The van der Waals surface area contributed by atoms with E-state index in [1.165, 1.54) is 6.07 Å². The summed E-state index contributed by atoms with van der Waals surface area (Å²) in [6, 6.07) is 1.51. The molecule has 0 aromatic carbocycles. The molecule has 2 heterocycles. The lowest BCUT2D eigenvalue weighted by atomic mass is 10.4. The quantitative estimate of drug-likeness (QED) is 0.655. The van der Waals surface area contributed by atoms with E-state index in [1.807, 2.05) is 0 Å².